The molecule has 0 amide bonds. The monoisotopic (exact) mass is 471 g/mol. The van der Waals surface area contributed by atoms with Crippen molar-refractivity contribution < 1.29 is 0 Å². The van der Waals surface area contributed by atoms with E-state index in [4.69, 9.17) is 28.9 Å². The van der Waals surface area contributed by atoms with Gasteiger partial charge in [0, 0.05) is 44.1 Å². The summed E-state index contributed by atoms with van der Waals surface area (Å²) in [7, 11) is 0. The lowest BCUT2D eigenvalue weighted by molar-refractivity contribution is 0.331. The van der Waals surface area contributed by atoms with Gasteiger partial charge in [-0.2, -0.15) is 5.26 Å². The molecule has 2 aromatic rings. The summed E-state index contributed by atoms with van der Waals surface area (Å²) >= 11 is 13.2. The molecule has 9 heteroatoms. The fourth-order valence-electron chi connectivity index (χ4n) is 4.23. The average molecular weight is 472 g/mol. The summed E-state index contributed by atoms with van der Waals surface area (Å²) in [6, 6.07) is 11.7. The number of halogens is 2. The lowest BCUT2D eigenvalue weighted by Gasteiger charge is -2.37. The van der Waals surface area contributed by atoms with Crippen LogP contribution in [0.5, 0.6) is 0 Å². The third kappa shape index (κ3) is 5.39. The van der Waals surface area contributed by atoms with Gasteiger partial charge in [0.1, 0.15) is 0 Å². The van der Waals surface area contributed by atoms with Gasteiger partial charge >= 0.3 is 0 Å². The number of anilines is 3. The van der Waals surface area contributed by atoms with E-state index in [1.165, 1.54) is 12.8 Å². The molecule has 0 spiro atoms. The van der Waals surface area contributed by atoms with E-state index < -0.39 is 0 Å². The summed E-state index contributed by atoms with van der Waals surface area (Å²) in [4.78, 5) is 10.7. The first-order chi connectivity index (χ1) is 15.5. The van der Waals surface area contributed by atoms with Crippen LogP contribution in [0.15, 0.2) is 41.4 Å². The summed E-state index contributed by atoms with van der Waals surface area (Å²) in [5.74, 6) is 0.459. The standard InChI is InChI=1S/C23H27Cl2N7/c24-20-13-17(15-30-7-1-2-8-30)14-21(25)22(20)29-23(28-16-26)32-11-9-31(10-12-32)19-5-3-18(27)4-6-19/h3-6,13-14H,1-2,7-12,15,27H2,(H,28,29). The Balaban J connectivity index is 1.43. The predicted octanol–water partition coefficient (Wildman–Crippen LogP) is 4.24. The Bertz CT molecular complexity index is 979. The number of guanidine groups is 1. The molecule has 0 aromatic heterocycles. The number of nitriles is 1. The first-order valence-electron chi connectivity index (χ1n) is 10.8. The van der Waals surface area contributed by atoms with Crippen molar-refractivity contribution in [3.8, 4) is 6.19 Å². The molecular weight excluding hydrogens is 445 g/mol. The van der Waals surface area contributed by atoms with E-state index in [9.17, 15) is 5.26 Å². The van der Waals surface area contributed by atoms with E-state index in [1.54, 1.807) is 0 Å². The molecule has 2 fully saturated rings. The molecular formula is C23H27Cl2N7. The first kappa shape index (κ1) is 22.5. The van der Waals surface area contributed by atoms with Gasteiger partial charge in [0.15, 0.2) is 0 Å². The molecule has 32 heavy (non-hydrogen) atoms. The molecule has 3 N–H and O–H groups in total. The molecule has 7 nitrogen and oxygen atoms in total. The molecule has 0 aliphatic carbocycles. The van der Waals surface area contributed by atoms with Crippen LogP contribution in [-0.2, 0) is 6.54 Å². The SMILES string of the molecule is N#C/N=C(/Nc1c(Cl)cc(CN2CCCC2)cc1Cl)N1CCN(c2ccc(N)cc2)CC1. The molecule has 4 rings (SSSR count). The van der Waals surface area contributed by atoms with Crippen LogP contribution in [0.25, 0.3) is 0 Å². The van der Waals surface area contributed by atoms with Crippen LogP contribution in [0.4, 0.5) is 17.1 Å². The fraction of sp³-hybridized carbons (Fsp3) is 0.391. The number of likely N-dealkylation sites (tertiary alicyclic amines) is 1. The van der Waals surface area contributed by atoms with Crippen LogP contribution >= 0.6 is 23.2 Å². The molecule has 0 bridgehead atoms. The number of aliphatic imine (C=N–C) groups is 1. The quantitative estimate of drug-likeness (QED) is 0.300. The minimum absolute atomic E-state index is 0.459. The largest absolute Gasteiger partial charge is 0.399 e. The predicted molar refractivity (Wildman–Crippen MR) is 132 cm³/mol. The summed E-state index contributed by atoms with van der Waals surface area (Å²) in [6.45, 7) is 6.07. The molecule has 2 aromatic carbocycles. The van der Waals surface area contributed by atoms with Crippen LogP contribution in [0.1, 0.15) is 18.4 Å². The fourth-order valence-corrected chi connectivity index (χ4v) is 4.86. The topological polar surface area (TPSA) is 83.9 Å². The summed E-state index contributed by atoms with van der Waals surface area (Å²) in [5.41, 5.74) is 9.34. The Hall–Kier alpha value is -2.66. The van der Waals surface area contributed by atoms with Gasteiger partial charge in [-0.25, -0.2) is 0 Å². The maximum Gasteiger partial charge on any atom is 0.214 e. The highest BCUT2D eigenvalue weighted by Gasteiger charge is 2.22. The zero-order valence-electron chi connectivity index (χ0n) is 17.9. The zero-order chi connectivity index (χ0) is 22.5. The number of rotatable bonds is 4. The summed E-state index contributed by atoms with van der Waals surface area (Å²) in [5, 5.41) is 13.5. The minimum atomic E-state index is 0.459. The molecule has 2 saturated heterocycles. The molecule has 0 radical (unpaired) electrons. The van der Waals surface area contributed by atoms with Gasteiger partial charge in [0.2, 0.25) is 12.2 Å². The number of hydrogen-bond donors (Lipinski definition) is 2. The van der Waals surface area contributed by atoms with E-state index >= 15 is 0 Å². The van der Waals surface area contributed by atoms with Crippen LogP contribution < -0.4 is 16.0 Å². The molecule has 2 aliphatic heterocycles. The van der Waals surface area contributed by atoms with Crippen molar-refractivity contribution in [2.24, 2.45) is 4.99 Å². The molecule has 0 saturated carbocycles. The molecule has 168 valence electrons. The van der Waals surface area contributed by atoms with Crippen LogP contribution in [-0.4, -0.2) is 55.0 Å². The summed E-state index contributed by atoms with van der Waals surface area (Å²) < 4.78 is 0. The number of hydrogen-bond acceptors (Lipinski definition) is 5. The van der Waals surface area contributed by atoms with Gasteiger partial charge in [-0.15, -0.1) is 4.99 Å². The van der Waals surface area contributed by atoms with Gasteiger partial charge in [-0.3, -0.25) is 4.90 Å². The van der Waals surface area contributed by atoms with Crippen molar-refractivity contribution >= 4 is 46.2 Å². The van der Waals surface area contributed by atoms with Crippen LogP contribution in [0, 0.1) is 11.5 Å². The van der Waals surface area contributed by atoms with Gasteiger partial charge in [-0.05, 0) is 67.9 Å². The smallest absolute Gasteiger partial charge is 0.214 e. The molecule has 2 aliphatic rings. The summed E-state index contributed by atoms with van der Waals surface area (Å²) in [6.07, 6.45) is 4.37. The maximum absolute atomic E-state index is 9.25. The maximum atomic E-state index is 9.25. The highest BCUT2D eigenvalue weighted by molar-refractivity contribution is 6.40. The van der Waals surface area contributed by atoms with Crippen molar-refractivity contribution in [2.45, 2.75) is 19.4 Å². The highest BCUT2D eigenvalue weighted by atomic mass is 35.5. The Morgan fingerprint density at radius 1 is 1.00 bits per heavy atom. The Morgan fingerprint density at radius 2 is 1.62 bits per heavy atom. The second-order valence-corrected chi connectivity index (χ2v) is 8.96. The van der Waals surface area contributed by atoms with Crippen molar-refractivity contribution in [1.29, 1.82) is 5.26 Å². The van der Waals surface area contributed by atoms with Gasteiger partial charge < -0.3 is 20.9 Å². The second kappa shape index (κ2) is 10.3. The first-order valence-corrected chi connectivity index (χ1v) is 11.6. The van der Waals surface area contributed by atoms with Crippen molar-refractivity contribution in [2.75, 3.05) is 55.2 Å². The zero-order valence-corrected chi connectivity index (χ0v) is 19.4. The number of nitrogens with one attached hydrogen (secondary N) is 1. The Kier molecular flexibility index (Phi) is 7.26. The number of nitrogens with zero attached hydrogens (tertiary/aromatic N) is 5. The van der Waals surface area contributed by atoms with Crippen molar-refractivity contribution in [1.82, 2.24) is 9.80 Å². The van der Waals surface area contributed by atoms with E-state index in [0.29, 0.717) is 34.8 Å². The van der Waals surface area contributed by atoms with Gasteiger partial charge in [0.25, 0.3) is 0 Å². The second-order valence-electron chi connectivity index (χ2n) is 8.14. The van der Waals surface area contributed by atoms with Crippen LogP contribution in [0.2, 0.25) is 10.0 Å². The minimum Gasteiger partial charge on any atom is -0.399 e. The highest BCUT2D eigenvalue weighted by Crippen LogP contribution is 2.33. The third-order valence-corrected chi connectivity index (χ3v) is 6.53. The number of piperazine rings is 1. The molecule has 0 unspecified atom stereocenters. The van der Waals surface area contributed by atoms with E-state index in [1.807, 2.05) is 47.5 Å². The normalized spacial score (nSPS) is 17.5. The Morgan fingerprint density at radius 3 is 2.22 bits per heavy atom. The van der Waals surface area contributed by atoms with Crippen molar-refractivity contribution in [3.63, 3.8) is 0 Å². The van der Waals surface area contributed by atoms with E-state index in [2.05, 4.69) is 20.1 Å². The number of nitrogens with two attached hydrogens (primary N) is 1. The van der Waals surface area contributed by atoms with Crippen LogP contribution in [0.3, 0.4) is 0 Å². The van der Waals surface area contributed by atoms with E-state index in [0.717, 1.165) is 49.7 Å². The van der Waals surface area contributed by atoms with Gasteiger partial charge in [0.05, 0.1) is 15.7 Å². The lowest BCUT2D eigenvalue weighted by atomic mass is 10.2. The molecule has 2 heterocycles. The third-order valence-electron chi connectivity index (χ3n) is 5.94. The lowest BCUT2D eigenvalue weighted by Crippen LogP contribution is -2.50. The molecule has 0 atom stereocenters. The average Bonchev–Trinajstić information content (AvgIpc) is 3.29. The van der Waals surface area contributed by atoms with E-state index in [-0.39, 0.29) is 0 Å². The van der Waals surface area contributed by atoms with Crippen molar-refractivity contribution in [3.05, 3.63) is 52.0 Å². The van der Waals surface area contributed by atoms with Gasteiger partial charge in [-0.1, -0.05) is 23.2 Å². The Labute approximate surface area is 199 Å². The number of benzene rings is 2. The number of nitrogen functional groups attached to an aromatic ring is 1.